The fourth-order valence-corrected chi connectivity index (χ4v) is 6.02. The number of β-lactam (4-membered cyclic amide) rings is 1. The summed E-state index contributed by atoms with van der Waals surface area (Å²) in [6.45, 7) is 0. The van der Waals surface area contributed by atoms with Crippen LogP contribution < -0.4 is 9.64 Å². The lowest BCUT2D eigenvalue weighted by Gasteiger charge is -2.48. The zero-order valence-corrected chi connectivity index (χ0v) is 17.6. The molecule has 0 radical (unpaired) electrons. The second-order valence-electron chi connectivity index (χ2n) is 7.42. The minimum atomic E-state index is -3.74. The van der Waals surface area contributed by atoms with Gasteiger partial charge in [0.05, 0.1) is 13.2 Å². The van der Waals surface area contributed by atoms with Crippen LogP contribution in [0.25, 0.3) is 0 Å². The first-order chi connectivity index (χ1) is 14.5. The third-order valence-corrected chi connectivity index (χ3v) is 7.79. The van der Waals surface area contributed by atoms with Crippen LogP contribution in [-0.2, 0) is 15.8 Å². The predicted octanol–water partition coefficient (Wildman–Crippen LogP) is 4.66. The van der Waals surface area contributed by atoms with E-state index in [9.17, 15) is 14.3 Å². The number of carbonyl (C=O) groups excluding carboxylic acids is 1. The third kappa shape index (κ3) is 3.91. The van der Waals surface area contributed by atoms with Crippen molar-refractivity contribution in [1.82, 2.24) is 0 Å². The summed E-state index contributed by atoms with van der Waals surface area (Å²) in [5.74, 6) is 0.393. The summed E-state index contributed by atoms with van der Waals surface area (Å²) in [5, 5.41) is 0. The number of methoxy groups -OCH3 is 1. The van der Waals surface area contributed by atoms with Gasteiger partial charge in [0.1, 0.15) is 11.4 Å². The number of nitrogens with zero attached hydrogens (tertiary/aromatic N) is 1. The van der Waals surface area contributed by atoms with E-state index in [1.165, 1.54) is 0 Å². The summed E-state index contributed by atoms with van der Waals surface area (Å²) in [6.07, 6.45) is 0.530. The average Bonchev–Trinajstić information content (AvgIpc) is 2.77. The maximum atomic E-state index is 13.3. The van der Waals surface area contributed by atoms with Crippen LogP contribution in [0.5, 0.6) is 5.75 Å². The fraction of sp³-hybridized carbons (Fsp3) is 0.208. The Balaban J connectivity index is 1.64. The van der Waals surface area contributed by atoms with Gasteiger partial charge in [-0.3, -0.25) is 9.36 Å². The van der Waals surface area contributed by atoms with Crippen molar-refractivity contribution < 1.29 is 19.0 Å². The van der Waals surface area contributed by atoms with E-state index in [0.717, 1.165) is 16.8 Å². The molecule has 0 bridgehead atoms. The first-order valence-electron chi connectivity index (χ1n) is 9.89. The van der Waals surface area contributed by atoms with Gasteiger partial charge < -0.3 is 14.5 Å². The van der Waals surface area contributed by atoms with Gasteiger partial charge in [0.25, 0.3) is 0 Å². The lowest BCUT2D eigenvalue weighted by Crippen LogP contribution is -2.59. The lowest BCUT2D eigenvalue weighted by atomic mass is 9.92. The number of hydrogen-bond acceptors (Lipinski definition) is 3. The zero-order valence-electron chi connectivity index (χ0n) is 16.7. The van der Waals surface area contributed by atoms with E-state index in [-0.39, 0.29) is 12.1 Å². The topological polar surface area (TPSA) is 66.8 Å². The molecule has 1 fully saturated rings. The van der Waals surface area contributed by atoms with Crippen LogP contribution in [0.2, 0.25) is 0 Å². The molecule has 0 saturated carbocycles. The largest absolute Gasteiger partial charge is 0.497 e. The van der Waals surface area contributed by atoms with Gasteiger partial charge in [0.15, 0.2) is 0 Å². The van der Waals surface area contributed by atoms with Crippen molar-refractivity contribution in [3.63, 3.8) is 0 Å². The number of ether oxygens (including phenoxy) is 1. The fourth-order valence-electron chi connectivity index (χ4n) is 3.95. The lowest BCUT2D eigenvalue weighted by molar-refractivity contribution is -0.124. The van der Waals surface area contributed by atoms with E-state index < -0.39 is 19.1 Å². The second kappa shape index (κ2) is 8.47. The summed E-state index contributed by atoms with van der Waals surface area (Å²) in [5.41, 5.74) is 1.58. The molecule has 0 aliphatic carbocycles. The minimum absolute atomic E-state index is 0.0721. The Morgan fingerprint density at radius 1 is 0.933 bits per heavy atom. The Labute approximate surface area is 176 Å². The molecule has 3 aromatic carbocycles. The first-order valence-corrected chi connectivity index (χ1v) is 11.8. The molecule has 1 aliphatic rings. The summed E-state index contributed by atoms with van der Waals surface area (Å²) < 4.78 is 18.6. The number of rotatable bonds is 7. The SMILES string of the molecule is COc1ccc([C@@H]2[C@@H](P(=O)(O)CCc3ccccc3)C(=O)N2c2ccccc2)cc1. The molecule has 4 rings (SSSR count). The van der Waals surface area contributed by atoms with Crippen molar-refractivity contribution >= 4 is 19.0 Å². The molecular weight excluding hydrogens is 397 g/mol. The Hall–Kier alpha value is -2.88. The van der Waals surface area contributed by atoms with E-state index >= 15 is 0 Å². The third-order valence-electron chi connectivity index (χ3n) is 5.56. The number of anilines is 1. The normalized spacial score (nSPS) is 20.3. The molecule has 0 spiro atoms. The number of para-hydroxylation sites is 1. The van der Waals surface area contributed by atoms with Crippen molar-refractivity contribution in [3.8, 4) is 5.75 Å². The highest BCUT2D eigenvalue weighted by Gasteiger charge is 2.57. The quantitative estimate of drug-likeness (QED) is 0.445. The molecule has 6 heteroatoms. The van der Waals surface area contributed by atoms with Gasteiger partial charge in [-0.15, -0.1) is 0 Å². The Morgan fingerprint density at radius 3 is 2.13 bits per heavy atom. The molecule has 1 unspecified atom stereocenters. The molecule has 1 aliphatic heterocycles. The summed E-state index contributed by atoms with van der Waals surface area (Å²) in [6, 6.07) is 25.7. The van der Waals surface area contributed by atoms with Gasteiger partial charge in [0, 0.05) is 11.8 Å². The van der Waals surface area contributed by atoms with Crippen molar-refractivity contribution in [3.05, 3.63) is 96.1 Å². The summed E-state index contributed by atoms with van der Waals surface area (Å²) >= 11 is 0. The number of hydrogen-bond donors (Lipinski definition) is 1. The molecule has 3 aromatic rings. The molecule has 1 amide bonds. The van der Waals surface area contributed by atoms with Gasteiger partial charge in [0.2, 0.25) is 13.3 Å². The molecule has 154 valence electrons. The van der Waals surface area contributed by atoms with Gasteiger partial charge >= 0.3 is 0 Å². The van der Waals surface area contributed by atoms with Gasteiger partial charge in [-0.05, 0) is 41.8 Å². The number of carbonyl (C=O) groups is 1. The highest BCUT2D eigenvalue weighted by molar-refractivity contribution is 7.60. The minimum Gasteiger partial charge on any atom is -0.497 e. The molecule has 30 heavy (non-hydrogen) atoms. The van der Waals surface area contributed by atoms with E-state index in [1.54, 1.807) is 12.0 Å². The highest BCUT2D eigenvalue weighted by atomic mass is 31.2. The van der Waals surface area contributed by atoms with E-state index in [4.69, 9.17) is 4.74 Å². The van der Waals surface area contributed by atoms with Crippen LogP contribution in [0, 0.1) is 0 Å². The summed E-state index contributed by atoms with van der Waals surface area (Å²) in [7, 11) is -2.15. The van der Waals surface area contributed by atoms with Gasteiger partial charge in [-0.25, -0.2) is 0 Å². The maximum absolute atomic E-state index is 13.3. The molecule has 0 aromatic heterocycles. The van der Waals surface area contributed by atoms with Gasteiger partial charge in [-0.1, -0.05) is 60.7 Å². The number of amides is 1. The molecule has 3 atom stereocenters. The molecule has 1 saturated heterocycles. The van der Waals surface area contributed by atoms with E-state index in [1.807, 2.05) is 84.9 Å². The monoisotopic (exact) mass is 421 g/mol. The second-order valence-corrected chi connectivity index (χ2v) is 9.94. The number of aryl methyl sites for hydroxylation is 1. The van der Waals surface area contributed by atoms with Crippen LogP contribution in [-0.4, -0.2) is 29.7 Å². The van der Waals surface area contributed by atoms with Crippen LogP contribution in [0.15, 0.2) is 84.9 Å². The van der Waals surface area contributed by atoms with Gasteiger partial charge in [-0.2, -0.15) is 0 Å². The van der Waals surface area contributed by atoms with Crippen LogP contribution in [0.3, 0.4) is 0 Å². The highest BCUT2D eigenvalue weighted by Crippen LogP contribution is 2.59. The Bertz CT molecular complexity index is 1050. The van der Waals surface area contributed by atoms with Crippen molar-refractivity contribution in [2.45, 2.75) is 18.1 Å². The average molecular weight is 421 g/mol. The van der Waals surface area contributed by atoms with E-state index in [0.29, 0.717) is 12.2 Å². The van der Waals surface area contributed by atoms with Crippen molar-refractivity contribution in [2.75, 3.05) is 18.2 Å². The first kappa shape index (κ1) is 20.4. The van der Waals surface area contributed by atoms with Crippen LogP contribution in [0.1, 0.15) is 17.2 Å². The van der Waals surface area contributed by atoms with E-state index in [2.05, 4.69) is 0 Å². The van der Waals surface area contributed by atoms with Crippen molar-refractivity contribution in [2.24, 2.45) is 0 Å². The molecular formula is C24H24NO4P. The Morgan fingerprint density at radius 2 is 1.53 bits per heavy atom. The molecule has 1 heterocycles. The standard InChI is InChI=1S/C24H24NO4P/c1-29-21-14-12-19(13-15-21)22-23(24(26)25(22)20-10-6-3-7-11-20)30(27,28)17-16-18-8-4-2-5-9-18/h2-15,22-23H,16-17H2,1H3,(H,27,28)/t22-,23-/m1/s1. The Kier molecular flexibility index (Phi) is 5.76. The maximum Gasteiger partial charge on any atom is 0.242 e. The summed E-state index contributed by atoms with van der Waals surface area (Å²) in [4.78, 5) is 25.7. The predicted molar refractivity (Wildman–Crippen MR) is 118 cm³/mol. The van der Waals surface area contributed by atoms with Crippen LogP contribution >= 0.6 is 7.37 Å². The zero-order chi connectivity index (χ0) is 21.1. The number of benzene rings is 3. The van der Waals surface area contributed by atoms with Crippen molar-refractivity contribution in [1.29, 1.82) is 0 Å². The molecule has 5 nitrogen and oxygen atoms in total. The van der Waals surface area contributed by atoms with Crippen LogP contribution in [0.4, 0.5) is 5.69 Å². The smallest absolute Gasteiger partial charge is 0.242 e. The molecule has 1 N–H and O–H groups in total.